The molecule has 8 heterocycles. The van der Waals surface area contributed by atoms with Crippen molar-refractivity contribution >= 4 is 126 Å². The fraction of sp³-hybridized carbons (Fsp3) is 0.444. The number of aromatic amines is 2. The number of rotatable bonds is 13. The molecule has 9 atom stereocenters. The Morgan fingerprint density at radius 1 is 0.426 bits per heavy atom. The second-order valence-corrected chi connectivity index (χ2v) is 35.5. The van der Waals surface area contributed by atoms with E-state index < -0.39 is 6.04 Å². The fourth-order valence-electron chi connectivity index (χ4n) is 21.5. The zero-order chi connectivity index (χ0) is 73.6. The number of fused-ring (bicyclic) bond motifs is 4. The maximum Gasteiger partial charge on any atom is 0.268 e. The van der Waals surface area contributed by atoms with Crippen molar-refractivity contribution in [1.29, 1.82) is 0 Å². The summed E-state index contributed by atoms with van der Waals surface area (Å²) in [7, 11) is 0. The Balaban J connectivity index is 0.717. The number of allylic oxidation sites excluding steroid dienone is 4. The van der Waals surface area contributed by atoms with Gasteiger partial charge in [0.2, 0.25) is 0 Å². The van der Waals surface area contributed by atoms with Crippen molar-refractivity contribution in [2.24, 2.45) is 11.8 Å². The van der Waals surface area contributed by atoms with E-state index in [2.05, 4.69) is 161 Å². The van der Waals surface area contributed by atoms with E-state index in [4.69, 9.17) is 69.6 Å². The van der Waals surface area contributed by atoms with Crippen LogP contribution in [0.15, 0.2) is 140 Å². The Morgan fingerprint density at radius 3 is 1.41 bits per heavy atom. The molecule has 4 N–H and O–H groups in total. The third-order valence-electron chi connectivity index (χ3n) is 26.6. The van der Waals surface area contributed by atoms with Gasteiger partial charge in [0.15, 0.2) is 0 Å². The molecule has 2 saturated heterocycles. The van der Waals surface area contributed by atoms with Gasteiger partial charge in [-0.25, -0.2) is 0 Å². The van der Waals surface area contributed by atoms with E-state index in [9.17, 15) is 0 Å². The number of halogens is 6. The average molecular weight is 1560 g/mol. The average Bonchev–Trinajstić information content (AvgIpc) is 1.52. The van der Waals surface area contributed by atoms with Gasteiger partial charge in [0, 0.05) is 164 Å². The van der Waals surface area contributed by atoms with Gasteiger partial charge in [-0.1, -0.05) is 214 Å². The Hall–Kier alpha value is -6.52. The lowest BCUT2D eigenvalue weighted by Crippen LogP contribution is -2.60. The molecule has 6 aromatic carbocycles. The summed E-state index contributed by atoms with van der Waals surface area (Å²) in [5, 5.41) is 12.9. The number of aromatic nitrogens is 2. The Kier molecular flexibility index (Phi) is 20.9. The molecular weight excluding hydrogens is 1470 g/mol. The molecule has 2 aromatic heterocycles. The first-order valence-electron chi connectivity index (χ1n) is 40.4. The molecule has 0 radical (unpaired) electrons. The highest BCUT2D eigenvalue weighted by atomic mass is 35.5. The maximum atomic E-state index is 16.3. The van der Waals surface area contributed by atoms with Crippen LogP contribution in [0.5, 0.6) is 0 Å². The van der Waals surface area contributed by atoms with Crippen LogP contribution in [0.25, 0.3) is 44.3 Å². The molecule has 10 aliphatic rings. The molecule has 562 valence electrons. The molecule has 8 aromatic rings. The zero-order valence-electron chi connectivity index (χ0n) is 62.0. The molecule has 6 aliphatic heterocycles. The number of carbonyl (C=O) groups excluding carboxylic acids is 2. The number of nitrogens with one attached hydrogen (secondary N) is 4. The normalized spacial score (nSPS) is 26.4. The minimum absolute atomic E-state index is 0.00355. The van der Waals surface area contributed by atoms with Gasteiger partial charge in [-0.2, -0.15) is 0 Å². The second-order valence-electron chi connectivity index (χ2n) is 32.9. The van der Waals surface area contributed by atoms with Crippen molar-refractivity contribution in [2.75, 3.05) is 52.4 Å². The van der Waals surface area contributed by atoms with Crippen LogP contribution in [-0.4, -0.2) is 140 Å². The van der Waals surface area contributed by atoms with Crippen LogP contribution >= 0.6 is 69.6 Å². The lowest BCUT2D eigenvalue weighted by Gasteiger charge is -2.48. The molecule has 6 fully saturated rings. The molecule has 0 bridgehead atoms. The van der Waals surface area contributed by atoms with Crippen molar-refractivity contribution in [3.8, 4) is 0 Å². The monoisotopic (exact) mass is 1560 g/mol. The summed E-state index contributed by atoms with van der Waals surface area (Å²) in [6, 6.07) is 40.4. The van der Waals surface area contributed by atoms with E-state index in [1.165, 1.54) is 81.8 Å². The van der Waals surface area contributed by atoms with E-state index in [0.29, 0.717) is 53.6 Å². The number of piperazine rings is 2. The first-order chi connectivity index (χ1) is 52.7. The summed E-state index contributed by atoms with van der Waals surface area (Å²) in [4.78, 5) is 55.5. The molecular formula is C90H98Cl6N10O2. The van der Waals surface area contributed by atoms with Crippen LogP contribution in [0.2, 0.25) is 30.1 Å². The summed E-state index contributed by atoms with van der Waals surface area (Å²) in [6.45, 7) is 12.8. The van der Waals surface area contributed by atoms with Gasteiger partial charge in [-0.3, -0.25) is 29.2 Å². The SMILES string of the molecule is CC1CC=CN2C(=C1c1cccc(C3CCC(NC(=O)c4[nH]c5cc(Cl)cc6c5c4C4=C(c5ccccc5)C(C)CC=CN4C6c4ccc(Cl)cc4Cl)C(N4CCN(C5CCCCC5)CC4)C3)c1)c1c(C(=O)NC3CCCCC3N3CCN(C4CCCCC4)CC3)[nH]c3cc(Cl)cc(c13)C2c1ccc(Cl)cc1Cl. The standard InChI is InChI=1S/C90H98Cl6N10O2/c1-53-17-15-35-105-85(65-32-30-59(91)49-69(65)95)67-47-61(93)51-73-79(67)81(87(105)77(53)55-19-6-3-7-20-55)83(97-73)90(108)100-72-34-29-57(46-76(72)104-43-39-102(40-44-104)64-25-10-5-11-26-64)56-21-14-22-58(45-56)78-54(2)18-16-36-106-86(66-33-31-60(92)50-70(66)96)68-48-62(94)52-74-80(68)82(88(78)106)84(98-74)89(107)99-71-27-12-13-28-75(71)103-41-37-101(38-42-103)63-23-8-4-9-24-63/h3,6-7,14-16,19-22,30-33,35-36,45,47-54,57,63-64,71-72,75-76,85-86,97-98H,4-5,8-13,17-18,23-29,34,37-44,46H2,1-2H3,(H,99,107)(H,100,108). The van der Waals surface area contributed by atoms with Gasteiger partial charge in [0.05, 0.1) is 23.5 Å². The van der Waals surface area contributed by atoms with E-state index in [1.54, 1.807) is 0 Å². The van der Waals surface area contributed by atoms with Crippen LogP contribution in [0.1, 0.15) is 225 Å². The smallest absolute Gasteiger partial charge is 0.268 e. The van der Waals surface area contributed by atoms with E-state index in [-0.39, 0.29) is 59.8 Å². The summed E-state index contributed by atoms with van der Waals surface area (Å²) in [6.07, 6.45) is 30.5. The van der Waals surface area contributed by atoms with Gasteiger partial charge in [-0.05, 0) is 187 Å². The summed E-state index contributed by atoms with van der Waals surface area (Å²) < 4.78 is 0. The molecule has 4 saturated carbocycles. The third-order valence-corrected chi connectivity index (χ3v) is 28.2. The number of H-pyrrole nitrogens is 2. The first-order valence-corrected chi connectivity index (χ1v) is 42.7. The van der Waals surface area contributed by atoms with E-state index in [1.807, 2.05) is 42.5 Å². The van der Waals surface area contributed by atoms with Crippen molar-refractivity contribution in [1.82, 2.24) is 50.0 Å². The first kappa shape index (κ1) is 73.0. The lowest BCUT2D eigenvalue weighted by molar-refractivity contribution is 0.0309. The molecule has 18 heteroatoms. The number of benzene rings is 6. The van der Waals surface area contributed by atoms with Crippen molar-refractivity contribution in [3.63, 3.8) is 0 Å². The Labute approximate surface area is 666 Å². The van der Waals surface area contributed by atoms with Crippen LogP contribution < -0.4 is 10.6 Å². The molecule has 108 heavy (non-hydrogen) atoms. The highest BCUT2D eigenvalue weighted by Crippen LogP contribution is 2.57. The number of hydrogen-bond donors (Lipinski definition) is 4. The topological polar surface area (TPSA) is 109 Å². The van der Waals surface area contributed by atoms with Crippen molar-refractivity contribution < 1.29 is 9.59 Å². The summed E-state index contributed by atoms with van der Waals surface area (Å²) in [5.41, 5.74) is 16.0. The van der Waals surface area contributed by atoms with Gasteiger partial charge in [-0.15, -0.1) is 0 Å². The molecule has 12 nitrogen and oxygen atoms in total. The second kappa shape index (κ2) is 30.9. The minimum atomic E-state index is -0.410. The number of amides is 2. The van der Waals surface area contributed by atoms with Crippen molar-refractivity contribution in [3.05, 3.63) is 231 Å². The number of hydrogen-bond acceptors (Lipinski definition) is 8. The number of carbonyl (C=O) groups is 2. The summed E-state index contributed by atoms with van der Waals surface area (Å²) >= 11 is 42.6. The molecule has 18 rings (SSSR count). The highest BCUT2D eigenvalue weighted by Gasteiger charge is 2.46. The predicted octanol–water partition coefficient (Wildman–Crippen LogP) is 21.6. The molecule has 9 unspecified atom stereocenters. The van der Waals surface area contributed by atoms with Gasteiger partial charge < -0.3 is 30.4 Å². The molecule has 2 amide bonds. The van der Waals surface area contributed by atoms with Crippen molar-refractivity contribution in [2.45, 2.75) is 190 Å². The lowest BCUT2D eigenvalue weighted by atomic mass is 9.76. The van der Waals surface area contributed by atoms with Gasteiger partial charge >= 0.3 is 0 Å². The third kappa shape index (κ3) is 13.7. The van der Waals surface area contributed by atoms with E-state index in [0.717, 1.165) is 187 Å². The predicted molar refractivity (Wildman–Crippen MR) is 444 cm³/mol. The fourth-order valence-corrected chi connectivity index (χ4v) is 23.0. The van der Waals surface area contributed by atoms with E-state index >= 15 is 9.59 Å². The van der Waals surface area contributed by atoms with Crippen LogP contribution in [0.4, 0.5) is 0 Å². The maximum absolute atomic E-state index is 16.3. The van der Waals surface area contributed by atoms with Gasteiger partial charge in [0.1, 0.15) is 11.4 Å². The van der Waals surface area contributed by atoms with Crippen LogP contribution in [0, 0.1) is 11.8 Å². The quantitative estimate of drug-likeness (QED) is 0.0904. The van der Waals surface area contributed by atoms with Crippen LogP contribution in [-0.2, 0) is 0 Å². The Bertz CT molecular complexity index is 4900. The van der Waals surface area contributed by atoms with Crippen LogP contribution in [0.3, 0.4) is 0 Å². The largest absolute Gasteiger partial charge is 0.350 e. The molecule has 0 spiro atoms. The zero-order valence-corrected chi connectivity index (χ0v) is 66.5. The highest BCUT2D eigenvalue weighted by molar-refractivity contribution is 6.36. The van der Waals surface area contributed by atoms with Gasteiger partial charge in [0.25, 0.3) is 11.8 Å². The summed E-state index contributed by atoms with van der Waals surface area (Å²) in [5.74, 6) is 0.103. The Morgan fingerprint density at radius 2 is 0.889 bits per heavy atom. The number of nitrogens with zero attached hydrogens (tertiary/aromatic N) is 6. The minimum Gasteiger partial charge on any atom is -0.350 e. The molecule has 4 aliphatic carbocycles.